The SMILES string of the molecule is CN(C)S(=O)(=O)c1ccc(C(=O)NCC(=O)Nc2ccc(F)cc2F)cc1. The van der Waals surface area contributed by atoms with E-state index in [2.05, 4.69) is 10.6 Å². The zero-order valence-electron chi connectivity index (χ0n) is 14.5. The summed E-state index contributed by atoms with van der Waals surface area (Å²) < 4.78 is 51.3. The van der Waals surface area contributed by atoms with Crippen LogP contribution in [-0.4, -0.2) is 45.2 Å². The molecule has 0 aliphatic carbocycles. The van der Waals surface area contributed by atoms with Crippen molar-refractivity contribution in [3.63, 3.8) is 0 Å². The Balaban J connectivity index is 1.96. The third-order valence-electron chi connectivity index (χ3n) is 3.51. The Hall–Kier alpha value is -2.85. The standard InChI is InChI=1S/C17H17F2N3O4S/c1-22(2)27(25,26)13-6-3-11(4-7-13)17(24)20-10-16(23)21-15-8-5-12(18)9-14(15)19/h3-9H,10H2,1-2H3,(H,20,24)(H,21,23). The highest BCUT2D eigenvalue weighted by Crippen LogP contribution is 2.15. The summed E-state index contributed by atoms with van der Waals surface area (Å²) in [6, 6.07) is 7.84. The minimum Gasteiger partial charge on any atom is -0.343 e. The van der Waals surface area contributed by atoms with Gasteiger partial charge in [-0.15, -0.1) is 0 Å². The number of anilines is 1. The molecule has 2 aromatic rings. The molecule has 2 rings (SSSR count). The van der Waals surface area contributed by atoms with Crippen molar-refractivity contribution in [1.82, 2.24) is 9.62 Å². The highest BCUT2D eigenvalue weighted by Gasteiger charge is 2.17. The first-order valence-corrected chi connectivity index (χ1v) is 9.11. The van der Waals surface area contributed by atoms with Gasteiger partial charge in [-0.25, -0.2) is 21.5 Å². The van der Waals surface area contributed by atoms with Gasteiger partial charge in [-0.2, -0.15) is 0 Å². The van der Waals surface area contributed by atoms with Crippen molar-refractivity contribution in [2.24, 2.45) is 0 Å². The van der Waals surface area contributed by atoms with E-state index >= 15 is 0 Å². The van der Waals surface area contributed by atoms with Crippen molar-refractivity contribution < 1.29 is 26.8 Å². The van der Waals surface area contributed by atoms with Crippen LogP contribution in [0.2, 0.25) is 0 Å². The molecule has 0 bridgehead atoms. The average molecular weight is 397 g/mol. The summed E-state index contributed by atoms with van der Waals surface area (Å²) in [4.78, 5) is 23.8. The molecular weight excluding hydrogens is 380 g/mol. The molecule has 0 saturated heterocycles. The molecule has 7 nitrogen and oxygen atoms in total. The van der Waals surface area contributed by atoms with E-state index in [1.807, 2.05) is 0 Å². The first-order chi connectivity index (χ1) is 12.6. The first-order valence-electron chi connectivity index (χ1n) is 7.67. The molecule has 0 heterocycles. The number of nitrogens with one attached hydrogen (secondary N) is 2. The molecule has 2 aromatic carbocycles. The lowest BCUT2D eigenvalue weighted by atomic mass is 10.2. The maximum Gasteiger partial charge on any atom is 0.251 e. The van der Waals surface area contributed by atoms with Crippen LogP contribution >= 0.6 is 0 Å². The summed E-state index contributed by atoms with van der Waals surface area (Å²) in [5, 5.41) is 4.53. The van der Waals surface area contributed by atoms with Crippen LogP contribution in [-0.2, 0) is 14.8 Å². The molecule has 0 spiro atoms. The second-order valence-corrected chi connectivity index (χ2v) is 7.82. The number of rotatable bonds is 6. The maximum atomic E-state index is 13.5. The van der Waals surface area contributed by atoms with E-state index in [0.717, 1.165) is 16.4 Å². The van der Waals surface area contributed by atoms with Crippen molar-refractivity contribution in [3.05, 3.63) is 59.7 Å². The fraction of sp³-hybridized carbons (Fsp3) is 0.176. The van der Waals surface area contributed by atoms with Gasteiger partial charge in [-0.3, -0.25) is 9.59 Å². The minimum atomic E-state index is -3.61. The largest absolute Gasteiger partial charge is 0.343 e. The van der Waals surface area contributed by atoms with Crippen molar-refractivity contribution >= 4 is 27.5 Å². The van der Waals surface area contributed by atoms with Crippen LogP contribution in [0.15, 0.2) is 47.4 Å². The van der Waals surface area contributed by atoms with E-state index < -0.39 is 40.0 Å². The predicted molar refractivity (Wildman–Crippen MR) is 94.6 cm³/mol. The number of carbonyl (C=O) groups excluding carboxylic acids is 2. The predicted octanol–water partition coefficient (Wildman–Crippen LogP) is 1.58. The molecule has 0 aromatic heterocycles. The molecule has 0 atom stereocenters. The molecule has 10 heteroatoms. The average Bonchev–Trinajstić information content (AvgIpc) is 2.62. The van der Waals surface area contributed by atoms with Crippen molar-refractivity contribution in [3.8, 4) is 0 Å². The monoisotopic (exact) mass is 397 g/mol. The zero-order valence-corrected chi connectivity index (χ0v) is 15.3. The molecule has 0 aliphatic heterocycles. The molecule has 0 unspecified atom stereocenters. The molecular formula is C17H17F2N3O4S. The molecule has 0 saturated carbocycles. The first kappa shape index (κ1) is 20.5. The normalized spacial score (nSPS) is 11.3. The van der Waals surface area contributed by atoms with Gasteiger partial charge in [0, 0.05) is 25.7 Å². The number of benzene rings is 2. The van der Waals surface area contributed by atoms with Gasteiger partial charge in [-0.1, -0.05) is 0 Å². The minimum absolute atomic E-state index is 0.0218. The fourth-order valence-corrected chi connectivity index (χ4v) is 2.94. The maximum absolute atomic E-state index is 13.5. The molecule has 2 amide bonds. The Morgan fingerprint density at radius 2 is 1.67 bits per heavy atom. The number of nitrogens with zero attached hydrogens (tertiary/aromatic N) is 1. The molecule has 0 fully saturated rings. The molecule has 0 radical (unpaired) electrons. The molecule has 2 N–H and O–H groups in total. The van der Waals surface area contributed by atoms with E-state index in [1.165, 1.54) is 38.4 Å². The van der Waals surface area contributed by atoms with Gasteiger partial charge < -0.3 is 10.6 Å². The van der Waals surface area contributed by atoms with Gasteiger partial charge in [-0.05, 0) is 36.4 Å². The Bertz CT molecular complexity index is 961. The highest BCUT2D eigenvalue weighted by molar-refractivity contribution is 7.89. The molecule has 27 heavy (non-hydrogen) atoms. The Morgan fingerprint density at radius 3 is 2.22 bits per heavy atom. The zero-order chi connectivity index (χ0) is 20.2. The summed E-state index contributed by atoms with van der Waals surface area (Å²) in [6.07, 6.45) is 0. The van der Waals surface area contributed by atoms with E-state index in [-0.39, 0.29) is 16.1 Å². The van der Waals surface area contributed by atoms with Crippen LogP contribution in [0.5, 0.6) is 0 Å². The van der Waals surface area contributed by atoms with Crippen LogP contribution in [0.3, 0.4) is 0 Å². The fourth-order valence-electron chi connectivity index (χ4n) is 2.04. The van der Waals surface area contributed by atoms with E-state index in [4.69, 9.17) is 0 Å². The molecule has 144 valence electrons. The van der Waals surface area contributed by atoms with Gasteiger partial charge in [0.05, 0.1) is 17.1 Å². The van der Waals surface area contributed by atoms with Crippen LogP contribution in [0.25, 0.3) is 0 Å². The van der Waals surface area contributed by atoms with E-state index in [9.17, 15) is 26.8 Å². The van der Waals surface area contributed by atoms with Crippen molar-refractivity contribution in [2.75, 3.05) is 26.0 Å². The quantitative estimate of drug-likeness (QED) is 0.774. The number of carbonyl (C=O) groups is 2. The van der Waals surface area contributed by atoms with Crippen LogP contribution < -0.4 is 10.6 Å². The third kappa shape index (κ3) is 5.08. The lowest BCUT2D eigenvalue weighted by molar-refractivity contribution is -0.115. The second kappa shape index (κ2) is 8.23. The van der Waals surface area contributed by atoms with Crippen LogP contribution in [0.1, 0.15) is 10.4 Å². The van der Waals surface area contributed by atoms with Gasteiger partial charge in [0.2, 0.25) is 15.9 Å². The summed E-state index contributed by atoms with van der Waals surface area (Å²) in [5.41, 5.74) is -0.0673. The number of halogens is 2. The van der Waals surface area contributed by atoms with Crippen LogP contribution in [0, 0.1) is 11.6 Å². The second-order valence-electron chi connectivity index (χ2n) is 5.67. The molecule has 0 aliphatic rings. The van der Waals surface area contributed by atoms with Gasteiger partial charge in [0.15, 0.2) is 0 Å². The lowest BCUT2D eigenvalue weighted by Crippen LogP contribution is -2.33. The summed E-state index contributed by atoms with van der Waals surface area (Å²) in [6.45, 7) is -0.451. The Morgan fingerprint density at radius 1 is 1.04 bits per heavy atom. The highest BCUT2D eigenvalue weighted by atomic mass is 32.2. The number of hydrogen-bond donors (Lipinski definition) is 2. The summed E-state index contributed by atoms with van der Waals surface area (Å²) in [7, 11) is -0.837. The third-order valence-corrected chi connectivity index (χ3v) is 5.34. The lowest BCUT2D eigenvalue weighted by Gasteiger charge is -2.11. The number of sulfonamides is 1. The Kier molecular flexibility index (Phi) is 6.24. The topological polar surface area (TPSA) is 95.6 Å². The van der Waals surface area contributed by atoms with E-state index in [1.54, 1.807) is 0 Å². The summed E-state index contributed by atoms with van der Waals surface area (Å²) in [5.74, 6) is -3.04. The van der Waals surface area contributed by atoms with Crippen LogP contribution in [0.4, 0.5) is 14.5 Å². The van der Waals surface area contributed by atoms with E-state index in [0.29, 0.717) is 6.07 Å². The Labute approximate surface area is 155 Å². The van der Waals surface area contributed by atoms with Crippen molar-refractivity contribution in [2.45, 2.75) is 4.90 Å². The number of hydrogen-bond acceptors (Lipinski definition) is 4. The number of amides is 2. The van der Waals surface area contributed by atoms with Gasteiger partial charge in [0.25, 0.3) is 5.91 Å². The van der Waals surface area contributed by atoms with Crippen molar-refractivity contribution in [1.29, 1.82) is 0 Å². The summed E-state index contributed by atoms with van der Waals surface area (Å²) >= 11 is 0. The van der Waals surface area contributed by atoms with Gasteiger partial charge in [0.1, 0.15) is 11.6 Å². The smallest absolute Gasteiger partial charge is 0.251 e. The van der Waals surface area contributed by atoms with Gasteiger partial charge >= 0.3 is 0 Å².